The van der Waals surface area contributed by atoms with Crippen molar-refractivity contribution >= 4 is 51.0 Å². The van der Waals surface area contributed by atoms with Gasteiger partial charge in [-0.1, -0.05) is 37.0 Å². The molecule has 1 N–H and O–H groups in total. The highest BCUT2D eigenvalue weighted by atomic mass is 35.5. The van der Waals surface area contributed by atoms with E-state index >= 15 is 0 Å². The van der Waals surface area contributed by atoms with Crippen LogP contribution in [-0.4, -0.2) is 33.9 Å². The van der Waals surface area contributed by atoms with Crippen molar-refractivity contribution in [1.29, 1.82) is 0 Å². The number of nitrogens with zero attached hydrogens (tertiary/aromatic N) is 2. The fraction of sp³-hybridized carbons (Fsp3) is 0.458. The van der Waals surface area contributed by atoms with Gasteiger partial charge in [-0.05, 0) is 50.6 Å². The Morgan fingerprint density at radius 3 is 2.55 bits per heavy atom. The van der Waals surface area contributed by atoms with Gasteiger partial charge in [0.05, 0.1) is 22.0 Å². The lowest BCUT2D eigenvalue weighted by Crippen LogP contribution is -2.42. The summed E-state index contributed by atoms with van der Waals surface area (Å²) in [4.78, 5) is 29.2. The molecule has 0 aliphatic carbocycles. The van der Waals surface area contributed by atoms with E-state index in [1.54, 1.807) is 46.1 Å². The van der Waals surface area contributed by atoms with Gasteiger partial charge in [0.25, 0.3) is 5.56 Å². The molecule has 9 heteroatoms. The summed E-state index contributed by atoms with van der Waals surface area (Å²) < 4.78 is 12.9. The van der Waals surface area contributed by atoms with E-state index in [1.165, 1.54) is 10.8 Å². The Hall–Kier alpha value is -2.51. The summed E-state index contributed by atoms with van der Waals surface area (Å²) in [5.41, 5.74) is -0.313. The summed E-state index contributed by atoms with van der Waals surface area (Å²) in [6.45, 7) is 9.65. The molecular formula is C24H29Cl2N3O4. The van der Waals surface area contributed by atoms with E-state index in [0.29, 0.717) is 33.7 Å². The number of aromatic nitrogens is 2. The molecule has 0 spiro atoms. The number of fused-ring (bicyclic) bond motifs is 3. The SMILES string of the molecule is CC(C)CC(COc1c(Cl)cc2c3ccncc3c(=O)n(C)c2c1Cl)NC(=O)OC(C)(C)C. The molecule has 2 heterocycles. The third-order valence-corrected chi connectivity index (χ3v) is 5.67. The Bertz CT molecular complexity index is 1250. The van der Waals surface area contributed by atoms with Crippen LogP contribution in [0, 0.1) is 5.92 Å². The van der Waals surface area contributed by atoms with Crippen molar-refractivity contribution < 1.29 is 14.3 Å². The molecule has 1 amide bonds. The molecule has 1 aromatic carbocycles. The third kappa shape index (κ3) is 5.71. The van der Waals surface area contributed by atoms with Gasteiger partial charge >= 0.3 is 6.09 Å². The first-order valence-corrected chi connectivity index (χ1v) is 11.5. The number of aryl methyl sites for hydroxylation is 1. The number of hydrogen-bond acceptors (Lipinski definition) is 5. The van der Waals surface area contributed by atoms with Crippen molar-refractivity contribution in [1.82, 2.24) is 14.9 Å². The van der Waals surface area contributed by atoms with Gasteiger partial charge in [0.1, 0.15) is 17.2 Å². The molecule has 0 fully saturated rings. The van der Waals surface area contributed by atoms with E-state index in [1.807, 2.05) is 0 Å². The van der Waals surface area contributed by atoms with Crippen LogP contribution in [0.4, 0.5) is 4.79 Å². The normalized spacial score (nSPS) is 12.9. The van der Waals surface area contributed by atoms with E-state index in [2.05, 4.69) is 24.1 Å². The molecule has 7 nitrogen and oxygen atoms in total. The number of hydrogen-bond donors (Lipinski definition) is 1. The van der Waals surface area contributed by atoms with Crippen LogP contribution in [0.5, 0.6) is 5.75 Å². The van der Waals surface area contributed by atoms with Crippen LogP contribution in [0.15, 0.2) is 29.3 Å². The molecule has 3 aromatic rings. The fourth-order valence-corrected chi connectivity index (χ4v) is 4.43. The van der Waals surface area contributed by atoms with Crippen molar-refractivity contribution in [2.45, 2.75) is 52.7 Å². The first kappa shape index (κ1) is 25.1. The minimum atomic E-state index is -0.610. The lowest BCUT2D eigenvalue weighted by atomic mass is 10.0. The number of nitrogens with one attached hydrogen (secondary N) is 1. The predicted octanol–water partition coefficient (Wildman–Crippen LogP) is 5.71. The quantitative estimate of drug-likeness (QED) is 0.444. The van der Waals surface area contributed by atoms with Crippen molar-refractivity contribution in [2.24, 2.45) is 13.0 Å². The first-order valence-electron chi connectivity index (χ1n) is 10.8. The van der Waals surface area contributed by atoms with E-state index in [4.69, 9.17) is 32.7 Å². The van der Waals surface area contributed by atoms with Gasteiger partial charge in [-0.15, -0.1) is 0 Å². The highest BCUT2D eigenvalue weighted by molar-refractivity contribution is 6.41. The highest BCUT2D eigenvalue weighted by Gasteiger charge is 2.23. The van der Waals surface area contributed by atoms with E-state index in [-0.39, 0.29) is 29.0 Å². The van der Waals surface area contributed by atoms with Gasteiger partial charge in [0.15, 0.2) is 5.75 Å². The summed E-state index contributed by atoms with van der Waals surface area (Å²) >= 11 is 13.3. The number of ether oxygens (including phenoxy) is 2. The van der Waals surface area contributed by atoms with Gasteiger partial charge in [0, 0.05) is 24.8 Å². The van der Waals surface area contributed by atoms with Crippen molar-refractivity contribution in [3.05, 3.63) is 44.9 Å². The number of rotatable bonds is 6. The lowest BCUT2D eigenvalue weighted by Gasteiger charge is -2.25. The monoisotopic (exact) mass is 493 g/mol. The summed E-state index contributed by atoms with van der Waals surface area (Å²) in [5, 5.41) is 5.32. The van der Waals surface area contributed by atoms with Crippen LogP contribution in [0.25, 0.3) is 21.7 Å². The summed E-state index contributed by atoms with van der Waals surface area (Å²) in [7, 11) is 1.65. The summed E-state index contributed by atoms with van der Waals surface area (Å²) in [6.07, 6.45) is 3.29. The number of carbonyl (C=O) groups excluding carboxylic acids is 1. The van der Waals surface area contributed by atoms with Gasteiger partial charge < -0.3 is 19.4 Å². The lowest BCUT2D eigenvalue weighted by molar-refractivity contribution is 0.0480. The molecule has 0 radical (unpaired) electrons. The van der Waals surface area contributed by atoms with E-state index < -0.39 is 11.7 Å². The standard InChI is InChI=1S/C24H29Cl2N3O4/c1-13(2)9-14(28-23(31)33-24(3,4)5)12-32-21-18(25)10-16-15-7-8-27-11-17(15)22(30)29(6)20(16)19(21)26/h7-8,10-11,13-14H,9,12H2,1-6H3,(H,28,31). The van der Waals surface area contributed by atoms with Gasteiger partial charge in [0.2, 0.25) is 0 Å². The average molecular weight is 494 g/mol. The number of amides is 1. The zero-order valence-corrected chi connectivity index (χ0v) is 21.2. The molecule has 2 aromatic heterocycles. The molecule has 1 atom stereocenters. The number of benzene rings is 1. The second-order valence-electron chi connectivity index (χ2n) is 9.47. The highest BCUT2D eigenvalue weighted by Crippen LogP contribution is 2.40. The number of alkyl carbamates (subject to hydrolysis) is 1. The maximum absolute atomic E-state index is 12.8. The predicted molar refractivity (Wildman–Crippen MR) is 133 cm³/mol. The number of pyridine rings is 2. The molecule has 0 aliphatic heterocycles. The zero-order valence-electron chi connectivity index (χ0n) is 19.7. The van der Waals surface area contributed by atoms with E-state index in [9.17, 15) is 9.59 Å². The maximum atomic E-state index is 12.8. The van der Waals surface area contributed by atoms with E-state index in [0.717, 1.165) is 5.39 Å². The Kier molecular flexibility index (Phi) is 7.44. The largest absolute Gasteiger partial charge is 0.488 e. The van der Waals surface area contributed by atoms with Gasteiger partial charge in [-0.2, -0.15) is 0 Å². The molecule has 0 aliphatic rings. The third-order valence-electron chi connectivity index (χ3n) is 5.04. The van der Waals surface area contributed by atoms with Crippen molar-refractivity contribution in [3.63, 3.8) is 0 Å². The molecule has 0 bridgehead atoms. The molecule has 0 saturated carbocycles. The van der Waals surface area contributed by atoms with Crippen LogP contribution in [0.1, 0.15) is 41.0 Å². The van der Waals surface area contributed by atoms with Crippen LogP contribution >= 0.6 is 23.2 Å². The van der Waals surface area contributed by atoms with Crippen LogP contribution in [-0.2, 0) is 11.8 Å². The average Bonchev–Trinajstić information content (AvgIpc) is 2.69. The Morgan fingerprint density at radius 1 is 1.21 bits per heavy atom. The van der Waals surface area contributed by atoms with Gasteiger partial charge in [-0.3, -0.25) is 9.78 Å². The Morgan fingerprint density at radius 2 is 1.91 bits per heavy atom. The molecule has 0 saturated heterocycles. The molecule has 1 unspecified atom stereocenters. The van der Waals surface area contributed by atoms with Crippen LogP contribution < -0.4 is 15.6 Å². The number of carbonyl (C=O) groups is 1. The first-order chi connectivity index (χ1) is 15.4. The molecular weight excluding hydrogens is 465 g/mol. The maximum Gasteiger partial charge on any atom is 0.407 e. The fourth-order valence-electron chi connectivity index (χ4n) is 3.73. The zero-order chi connectivity index (χ0) is 24.5. The smallest absolute Gasteiger partial charge is 0.407 e. The second-order valence-corrected chi connectivity index (χ2v) is 10.3. The number of halogens is 2. The van der Waals surface area contributed by atoms with Crippen molar-refractivity contribution in [2.75, 3.05) is 6.61 Å². The Balaban J connectivity index is 1.96. The second kappa shape index (κ2) is 9.77. The summed E-state index contributed by atoms with van der Waals surface area (Å²) in [6, 6.07) is 3.17. The minimum absolute atomic E-state index is 0.133. The minimum Gasteiger partial charge on any atom is -0.488 e. The summed E-state index contributed by atoms with van der Waals surface area (Å²) in [5.74, 6) is 0.561. The molecule has 33 heavy (non-hydrogen) atoms. The van der Waals surface area contributed by atoms with Gasteiger partial charge in [-0.25, -0.2) is 4.79 Å². The topological polar surface area (TPSA) is 82.5 Å². The van der Waals surface area contributed by atoms with Crippen molar-refractivity contribution in [3.8, 4) is 5.75 Å². The van der Waals surface area contributed by atoms with Crippen LogP contribution in [0.2, 0.25) is 10.0 Å². The Labute approximate surface area is 203 Å². The van der Waals surface area contributed by atoms with Crippen LogP contribution in [0.3, 0.4) is 0 Å². The molecule has 3 rings (SSSR count). The molecule has 178 valence electrons.